The van der Waals surface area contributed by atoms with Crippen molar-refractivity contribution >= 4 is 5.91 Å². The normalized spacial score (nSPS) is 14.4. The van der Waals surface area contributed by atoms with Gasteiger partial charge < -0.3 is 16.2 Å². The Morgan fingerprint density at radius 2 is 1.95 bits per heavy atom. The molecule has 0 fully saturated rings. The van der Waals surface area contributed by atoms with Crippen LogP contribution in [0.3, 0.4) is 0 Å². The van der Waals surface area contributed by atoms with Crippen LogP contribution in [0.5, 0.6) is 0 Å². The first-order valence-corrected chi connectivity index (χ1v) is 7.64. The van der Waals surface area contributed by atoms with Crippen molar-refractivity contribution in [1.82, 2.24) is 5.32 Å². The van der Waals surface area contributed by atoms with Gasteiger partial charge in [0.15, 0.2) is 0 Å². The summed E-state index contributed by atoms with van der Waals surface area (Å²) in [6.07, 6.45) is 5.01. The Bertz CT molecular complexity index is 226. The van der Waals surface area contributed by atoms with Crippen LogP contribution in [-0.2, 0) is 4.79 Å². The molecular formula is C15H32N2O2. The highest BCUT2D eigenvalue weighted by molar-refractivity contribution is 5.75. The van der Waals surface area contributed by atoms with Crippen LogP contribution in [0.15, 0.2) is 0 Å². The van der Waals surface area contributed by atoms with E-state index < -0.39 is 6.10 Å². The van der Waals surface area contributed by atoms with Gasteiger partial charge in [-0.15, -0.1) is 0 Å². The van der Waals surface area contributed by atoms with Crippen molar-refractivity contribution in [2.24, 2.45) is 17.6 Å². The Balaban J connectivity index is 3.78. The van der Waals surface area contributed by atoms with Gasteiger partial charge in [-0.3, -0.25) is 4.79 Å². The van der Waals surface area contributed by atoms with Gasteiger partial charge in [0, 0.05) is 13.0 Å². The lowest BCUT2D eigenvalue weighted by atomic mass is 9.94. The number of nitrogens with two attached hydrogens (primary N) is 1. The topological polar surface area (TPSA) is 75.4 Å². The van der Waals surface area contributed by atoms with Crippen LogP contribution in [0.2, 0.25) is 0 Å². The van der Waals surface area contributed by atoms with E-state index in [-0.39, 0.29) is 5.91 Å². The maximum atomic E-state index is 11.7. The van der Waals surface area contributed by atoms with Crippen molar-refractivity contribution < 1.29 is 9.90 Å². The molecule has 0 saturated heterocycles. The lowest BCUT2D eigenvalue weighted by Gasteiger charge is -2.16. The van der Waals surface area contributed by atoms with E-state index >= 15 is 0 Å². The molecule has 19 heavy (non-hydrogen) atoms. The van der Waals surface area contributed by atoms with Gasteiger partial charge in [0.2, 0.25) is 5.91 Å². The number of amides is 1. The average molecular weight is 272 g/mol. The van der Waals surface area contributed by atoms with E-state index in [0.29, 0.717) is 31.3 Å². The maximum absolute atomic E-state index is 11.7. The molecule has 114 valence electrons. The zero-order chi connectivity index (χ0) is 14.7. The van der Waals surface area contributed by atoms with Crippen molar-refractivity contribution in [2.45, 2.75) is 65.4 Å². The molecule has 0 heterocycles. The molecule has 0 aliphatic heterocycles. The Morgan fingerprint density at radius 3 is 2.47 bits per heavy atom. The Morgan fingerprint density at radius 1 is 1.26 bits per heavy atom. The fraction of sp³-hybridized carbons (Fsp3) is 0.933. The van der Waals surface area contributed by atoms with Gasteiger partial charge in [-0.25, -0.2) is 0 Å². The number of hydrogen-bond acceptors (Lipinski definition) is 3. The van der Waals surface area contributed by atoms with E-state index in [1.54, 1.807) is 0 Å². The third-order valence-electron chi connectivity index (χ3n) is 3.33. The summed E-state index contributed by atoms with van der Waals surface area (Å²) in [5.74, 6) is 1.05. The number of rotatable bonds is 11. The number of aliphatic hydroxyl groups is 1. The monoisotopic (exact) mass is 272 g/mol. The van der Waals surface area contributed by atoms with E-state index in [1.807, 2.05) is 0 Å². The smallest absolute Gasteiger partial charge is 0.220 e. The molecule has 0 radical (unpaired) electrons. The van der Waals surface area contributed by atoms with Gasteiger partial charge in [-0.05, 0) is 37.6 Å². The van der Waals surface area contributed by atoms with Crippen LogP contribution in [0.1, 0.15) is 59.3 Å². The molecule has 4 N–H and O–H groups in total. The summed E-state index contributed by atoms with van der Waals surface area (Å²) in [7, 11) is 0. The van der Waals surface area contributed by atoms with Crippen LogP contribution in [0, 0.1) is 11.8 Å². The first-order chi connectivity index (χ1) is 8.99. The summed E-state index contributed by atoms with van der Waals surface area (Å²) < 4.78 is 0. The van der Waals surface area contributed by atoms with Crippen molar-refractivity contribution in [3.8, 4) is 0 Å². The second-order valence-corrected chi connectivity index (χ2v) is 5.86. The predicted octanol–water partition coefficient (Wildman–Crippen LogP) is 2.05. The first kappa shape index (κ1) is 18.4. The lowest BCUT2D eigenvalue weighted by molar-refractivity contribution is -0.121. The molecule has 0 bridgehead atoms. The quantitative estimate of drug-likeness (QED) is 0.539. The van der Waals surface area contributed by atoms with Gasteiger partial charge in [-0.2, -0.15) is 0 Å². The Kier molecular flexibility index (Phi) is 10.9. The molecule has 0 aromatic carbocycles. The number of carbonyl (C=O) groups excluding carboxylic acids is 1. The molecule has 2 unspecified atom stereocenters. The second-order valence-electron chi connectivity index (χ2n) is 5.86. The van der Waals surface area contributed by atoms with Crippen molar-refractivity contribution in [2.75, 3.05) is 13.1 Å². The standard InChI is InChI=1S/C15H32N2O2/c1-4-5-13(8-9-16)6-7-15(19)17-11-14(18)10-12(2)3/h12-14,18H,4-11,16H2,1-3H3,(H,17,19). The van der Waals surface area contributed by atoms with Gasteiger partial charge >= 0.3 is 0 Å². The van der Waals surface area contributed by atoms with Crippen molar-refractivity contribution in [3.63, 3.8) is 0 Å². The van der Waals surface area contributed by atoms with E-state index in [2.05, 4.69) is 26.1 Å². The van der Waals surface area contributed by atoms with Crippen LogP contribution in [0.25, 0.3) is 0 Å². The predicted molar refractivity (Wildman–Crippen MR) is 79.8 cm³/mol. The van der Waals surface area contributed by atoms with E-state index in [0.717, 1.165) is 32.1 Å². The van der Waals surface area contributed by atoms with E-state index in [1.165, 1.54) is 0 Å². The molecule has 0 aliphatic carbocycles. The average Bonchev–Trinajstić information content (AvgIpc) is 2.33. The lowest BCUT2D eigenvalue weighted by Crippen LogP contribution is -2.32. The summed E-state index contributed by atoms with van der Waals surface area (Å²) >= 11 is 0. The molecule has 0 aromatic rings. The minimum Gasteiger partial charge on any atom is -0.391 e. The first-order valence-electron chi connectivity index (χ1n) is 7.64. The summed E-state index contributed by atoms with van der Waals surface area (Å²) in [6, 6.07) is 0. The van der Waals surface area contributed by atoms with Gasteiger partial charge in [0.1, 0.15) is 0 Å². The summed E-state index contributed by atoms with van der Waals surface area (Å²) in [5, 5.41) is 12.5. The number of carbonyl (C=O) groups is 1. The molecule has 0 aromatic heterocycles. The molecule has 0 rings (SSSR count). The van der Waals surface area contributed by atoms with Gasteiger partial charge in [0.05, 0.1) is 6.10 Å². The third kappa shape index (κ3) is 11.0. The number of hydrogen-bond donors (Lipinski definition) is 3. The SMILES string of the molecule is CCCC(CCN)CCC(=O)NCC(O)CC(C)C. The van der Waals surface area contributed by atoms with Gasteiger partial charge in [-0.1, -0.05) is 33.6 Å². The Hall–Kier alpha value is -0.610. The molecule has 0 spiro atoms. The fourth-order valence-electron chi connectivity index (χ4n) is 2.36. The molecular weight excluding hydrogens is 240 g/mol. The highest BCUT2D eigenvalue weighted by Crippen LogP contribution is 2.16. The van der Waals surface area contributed by atoms with Crippen LogP contribution < -0.4 is 11.1 Å². The molecule has 1 amide bonds. The minimum atomic E-state index is -0.431. The zero-order valence-electron chi connectivity index (χ0n) is 12.8. The molecule has 0 aliphatic rings. The second kappa shape index (κ2) is 11.2. The summed E-state index contributed by atoms with van der Waals surface area (Å²) in [6.45, 7) is 7.35. The summed E-state index contributed by atoms with van der Waals surface area (Å²) in [4.78, 5) is 11.7. The van der Waals surface area contributed by atoms with E-state index in [4.69, 9.17) is 5.73 Å². The van der Waals surface area contributed by atoms with E-state index in [9.17, 15) is 9.90 Å². The van der Waals surface area contributed by atoms with Crippen molar-refractivity contribution in [1.29, 1.82) is 0 Å². The minimum absolute atomic E-state index is 0.0425. The highest BCUT2D eigenvalue weighted by atomic mass is 16.3. The molecule has 4 heteroatoms. The largest absolute Gasteiger partial charge is 0.391 e. The third-order valence-corrected chi connectivity index (χ3v) is 3.33. The number of aliphatic hydroxyl groups excluding tert-OH is 1. The van der Waals surface area contributed by atoms with Crippen LogP contribution >= 0.6 is 0 Å². The highest BCUT2D eigenvalue weighted by Gasteiger charge is 2.12. The zero-order valence-corrected chi connectivity index (χ0v) is 12.8. The molecule has 0 saturated carbocycles. The van der Waals surface area contributed by atoms with Crippen LogP contribution in [-0.4, -0.2) is 30.2 Å². The maximum Gasteiger partial charge on any atom is 0.220 e. The van der Waals surface area contributed by atoms with Crippen molar-refractivity contribution in [3.05, 3.63) is 0 Å². The molecule has 2 atom stereocenters. The van der Waals surface area contributed by atoms with Gasteiger partial charge in [0.25, 0.3) is 0 Å². The molecule has 4 nitrogen and oxygen atoms in total. The fourth-order valence-corrected chi connectivity index (χ4v) is 2.36. The van der Waals surface area contributed by atoms with Crippen LogP contribution in [0.4, 0.5) is 0 Å². The summed E-state index contributed by atoms with van der Waals surface area (Å²) in [5.41, 5.74) is 5.58. The number of nitrogens with one attached hydrogen (secondary N) is 1. The Labute approximate surface area is 118 Å².